The average Bonchev–Trinajstić information content (AvgIpc) is 2.47. The predicted molar refractivity (Wildman–Crippen MR) is 101 cm³/mol. The van der Waals surface area contributed by atoms with E-state index >= 15 is 0 Å². The van der Waals surface area contributed by atoms with Gasteiger partial charge in [0.2, 0.25) is 0 Å². The Labute approximate surface area is 154 Å². The lowest BCUT2D eigenvalue weighted by Gasteiger charge is -2.40. The van der Waals surface area contributed by atoms with Gasteiger partial charge < -0.3 is 15.0 Å². The first-order chi connectivity index (χ1) is 11.2. The van der Waals surface area contributed by atoms with Crippen LogP contribution in [0.4, 0.5) is 4.79 Å². The van der Waals surface area contributed by atoms with E-state index in [4.69, 9.17) is 4.74 Å². The summed E-state index contributed by atoms with van der Waals surface area (Å²) in [4.78, 5) is 14.3. The van der Waals surface area contributed by atoms with E-state index in [0.29, 0.717) is 0 Å². The van der Waals surface area contributed by atoms with Crippen LogP contribution in [-0.2, 0) is 11.3 Å². The summed E-state index contributed by atoms with van der Waals surface area (Å²) >= 11 is 3.54. The molecule has 2 rings (SSSR count). The molecule has 0 radical (unpaired) electrons. The van der Waals surface area contributed by atoms with E-state index in [1.54, 1.807) is 0 Å². The molecule has 1 heterocycles. The van der Waals surface area contributed by atoms with Gasteiger partial charge in [0.15, 0.2) is 0 Å². The van der Waals surface area contributed by atoms with Crippen LogP contribution in [0.3, 0.4) is 0 Å². The Bertz CT molecular complexity index is 583. The van der Waals surface area contributed by atoms with Gasteiger partial charge in [-0.3, -0.25) is 0 Å². The first-order valence-electron chi connectivity index (χ1n) is 8.65. The van der Waals surface area contributed by atoms with Crippen LogP contribution < -0.4 is 5.32 Å². The van der Waals surface area contributed by atoms with Gasteiger partial charge in [0.1, 0.15) is 5.60 Å². The number of nitrogens with zero attached hydrogens (tertiary/aromatic N) is 1. The maximum atomic E-state index is 12.4. The molecule has 0 saturated carbocycles. The van der Waals surface area contributed by atoms with E-state index in [0.717, 1.165) is 30.4 Å². The number of carbonyl (C=O) groups excluding carboxylic acids is 1. The van der Waals surface area contributed by atoms with Gasteiger partial charge in [-0.15, -0.1) is 0 Å². The SMILES string of the molecule is Cc1cc(CNC2CCCN(C(=O)OC(C)(C)C)C2C)ccc1Br. The molecule has 1 aromatic rings. The molecule has 1 aliphatic heterocycles. The van der Waals surface area contributed by atoms with Crippen LogP contribution in [0.1, 0.15) is 51.7 Å². The van der Waals surface area contributed by atoms with Crippen molar-refractivity contribution in [2.75, 3.05) is 6.54 Å². The molecule has 2 atom stereocenters. The second-order valence-electron chi connectivity index (χ2n) is 7.63. The zero-order valence-electron chi connectivity index (χ0n) is 15.4. The van der Waals surface area contributed by atoms with E-state index in [-0.39, 0.29) is 18.2 Å². The van der Waals surface area contributed by atoms with Crippen LogP contribution >= 0.6 is 15.9 Å². The molecule has 1 aliphatic rings. The monoisotopic (exact) mass is 396 g/mol. The molecule has 2 unspecified atom stereocenters. The van der Waals surface area contributed by atoms with Crippen molar-refractivity contribution < 1.29 is 9.53 Å². The fraction of sp³-hybridized carbons (Fsp3) is 0.632. The Morgan fingerprint density at radius 2 is 2.12 bits per heavy atom. The van der Waals surface area contributed by atoms with Gasteiger partial charge in [0.25, 0.3) is 0 Å². The lowest BCUT2D eigenvalue weighted by atomic mass is 9.97. The zero-order valence-corrected chi connectivity index (χ0v) is 16.9. The molecule has 1 fully saturated rings. The second kappa shape index (κ2) is 7.87. The van der Waals surface area contributed by atoms with E-state index in [1.807, 2.05) is 25.7 Å². The Morgan fingerprint density at radius 3 is 2.75 bits per heavy atom. The van der Waals surface area contributed by atoms with Gasteiger partial charge in [-0.1, -0.05) is 28.1 Å². The van der Waals surface area contributed by atoms with Crippen molar-refractivity contribution in [3.8, 4) is 0 Å². The largest absolute Gasteiger partial charge is 0.444 e. The van der Waals surface area contributed by atoms with Crippen LogP contribution in [0.15, 0.2) is 22.7 Å². The number of ether oxygens (including phenoxy) is 1. The van der Waals surface area contributed by atoms with Gasteiger partial charge in [-0.2, -0.15) is 0 Å². The van der Waals surface area contributed by atoms with Gasteiger partial charge in [-0.05, 0) is 64.7 Å². The molecule has 0 aromatic heterocycles. The van der Waals surface area contributed by atoms with E-state index in [9.17, 15) is 4.79 Å². The molecule has 5 heteroatoms. The molecular formula is C19H29BrN2O2. The summed E-state index contributed by atoms with van der Waals surface area (Å²) in [6.07, 6.45) is 1.87. The Balaban J connectivity index is 1.95. The standard InChI is InChI=1S/C19H29BrN2O2/c1-13-11-15(8-9-16(13)20)12-21-17-7-6-10-22(14(17)2)18(23)24-19(3,4)5/h8-9,11,14,17,21H,6-7,10,12H2,1-5H3. The minimum absolute atomic E-state index is 0.130. The van der Waals surface area contributed by atoms with Gasteiger partial charge >= 0.3 is 6.09 Å². The minimum Gasteiger partial charge on any atom is -0.444 e. The number of nitrogens with one attached hydrogen (secondary N) is 1. The van der Waals surface area contributed by atoms with Crippen molar-refractivity contribution in [1.29, 1.82) is 0 Å². The number of benzene rings is 1. The maximum Gasteiger partial charge on any atom is 0.410 e. The number of hydrogen-bond donors (Lipinski definition) is 1. The Hall–Kier alpha value is -1.07. The fourth-order valence-corrected chi connectivity index (χ4v) is 3.31. The summed E-state index contributed by atoms with van der Waals surface area (Å²) in [6.45, 7) is 11.5. The number of piperidine rings is 1. The van der Waals surface area contributed by atoms with Crippen molar-refractivity contribution in [1.82, 2.24) is 10.2 Å². The molecule has 1 aromatic carbocycles. The third-order valence-corrected chi connectivity index (χ3v) is 5.30. The van der Waals surface area contributed by atoms with Gasteiger partial charge in [0, 0.05) is 29.6 Å². The highest BCUT2D eigenvalue weighted by Gasteiger charge is 2.33. The average molecular weight is 397 g/mol. The van der Waals surface area contributed by atoms with E-state index < -0.39 is 5.60 Å². The number of rotatable bonds is 3. The number of hydrogen-bond acceptors (Lipinski definition) is 3. The molecule has 1 N–H and O–H groups in total. The third-order valence-electron chi connectivity index (χ3n) is 4.41. The maximum absolute atomic E-state index is 12.4. The Kier molecular flexibility index (Phi) is 6.32. The number of likely N-dealkylation sites (tertiary alicyclic amines) is 1. The molecule has 0 spiro atoms. The Morgan fingerprint density at radius 1 is 1.42 bits per heavy atom. The van der Waals surface area contributed by atoms with Crippen molar-refractivity contribution >= 4 is 22.0 Å². The predicted octanol–water partition coefficient (Wildman–Crippen LogP) is 4.64. The first-order valence-corrected chi connectivity index (χ1v) is 9.45. The van der Waals surface area contributed by atoms with Crippen molar-refractivity contribution in [2.45, 2.75) is 71.7 Å². The van der Waals surface area contributed by atoms with Gasteiger partial charge in [0.05, 0.1) is 0 Å². The van der Waals surface area contributed by atoms with Crippen LogP contribution in [-0.4, -0.2) is 35.2 Å². The minimum atomic E-state index is -0.452. The van der Waals surface area contributed by atoms with Crippen molar-refractivity contribution in [3.63, 3.8) is 0 Å². The number of carbonyl (C=O) groups is 1. The summed E-state index contributed by atoms with van der Waals surface area (Å²) in [5.74, 6) is 0. The molecule has 134 valence electrons. The van der Waals surface area contributed by atoms with E-state index in [1.165, 1.54) is 11.1 Å². The van der Waals surface area contributed by atoms with Crippen molar-refractivity contribution in [3.05, 3.63) is 33.8 Å². The molecule has 1 saturated heterocycles. The van der Waals surface area contributed by atoms with Crippen LogP contribution in [0.5, 0.6) is 0 Å². The highest BCUT2D eigenvalue weighted by molar-refractivity contribution is 9.10. The molecular weight excluding hydrogens is 368 g/mol. The number of aryl methyl sites for hydroxylation is 1. The highest BCUT2D eigenvalue weighted by Crippen LogP contribution is 2.22. The van der Waals surface area contributed by atoms with Crippen LogP contribution in [0.25, 0.3) is 0 Å². The van der Waals surface area contributed by atoms with Crippen molar-refractivity contribution in [2.24, 2.45) is 0 Å². The summed E-state index contributed by atoms with van der Waals surface area (Å²) in [5, 5.41) is 3.62. The summed E-state index contributed by atoms with van der Waals surface area (Å²) < 4.78 is 6.67. The van der Waals surface area contributed by atoms with Crippen LogP contribution in [0.2, 0.25) is 0 Å². The lowest BCUT2D eigenvalue weighted by Crippen LogP contribution is -2.55. The lowest BCUT2D eigenvalue weighted by molar-refractivity contribution is 0.00699. The quantitative estimate of drug-likeness (QED) is 0.808. The second-order valence-corrected chi connectivity index (χ2v) is 8.48. The molecule has 4 nitrogen and oxygen atoms in total. The third kappa shape index (κ3) is 5.21. The van der Waals surface area contributed by atoms with E-state index in [2.05, 4.69) is 53.3 Å². The van der Waals surface area contributed by atoms with Gasteiger partial charge in [-0.25, -0.2) is 4.79 Å². The number of amides is 1. The zero-order chi connectivity index (χ0) is 17.9. The molecule has 0 bridgehead atoms. The first kappa shape index (κ1) is 19.3. The number of halogens is 1. The summed E-state index contributed by atoms with van der Waals surface area (Å²) in [6, 6.07) is 6.82. The highest BCUT2D eigenvalue weighted by atomic mass is 79.9. The van der Waals surface area contributed by atoms with Crippen LogP contribution in [0, 0.1) is 6.92 Å². The topological polar surface area (TPSA) is 41.6 Å². The smallest absolute Gasteiger partial charge is 0.410 e. The molecule has 1 amide bonds. The molecule has 24 heavy (non-hydrogen) atoms. The summed E-state index contributed by atoms with van der Waals surface area (Å²) in [7, 11) is 0. The fourth-order valence-electron chi connectivity index (χ4n) is 3.06. The normalized spacial score (nSPS) is 21.7. The molecule has 0 aliphatic carbocycles. The summed E-state index contributed by atoms with van der Waals surface area (Å²) in [5.41, 5.74) is 2.05.